The average Bonchev–Trinajstić information content (AvgIpc) is 2.58. The van der Waals surface area contributed by atoms with E-state index in [-0.39, 0.29) is 31.7 Å². The third-order valence-electron chi connectivity index (χ3n) is 4.56. The lowest BCUT2D eigenvalue weighted by molar-refractivity contribution is -0.139. The number of carboxylic acid groups (broad SMARTS) is 4. The van der Waals surface area contributed by atoms with Crippen molar-refractivity contribution in [1.29, 1.82) is 0 Å². The van der Waals surface area contributed by atoms with E-state index in [0.717, 1.165) is 4.90 Å². The standard InChI is InChI=1S/C15H23N3O9/c1-16-13(23)8-2-3-9(17(14(24)25)5-4-11(19)20)10(6-8)18(15(26)27)7-12(21)22/h8-10H,2-7H2,1H3,(H,16,23)(H,19,20)(H,21,22)(H,24,25)(H,26,27). The molecule has 1 rings (SSSR count). The van der Waals surface area contributed by atoms with Crippen LogP contribution in [0.4, 0.5) is 9.59 Å². The number of nitrogens with zero attached hydrogens (tertiary/aromatic N) is 2. The summed E-state index contributed by atoms with van der Waals surface area (Å²) < 4.78 is 0. The molecule has 12 nitrogen and oxygen atoms in total. The smallest absolute Gasteiger partial charge is 0.408 e. The van der Waals surface area contributed by atoms with Gasteiger partial charge in [0.05, 0.1) is 18.5 Å². The van der Waals surface area contributed by atoms with Gasteiger partial charge in [-0.2, -0.15) is 0 Å². The number of hydrogen-bond donors (Lipinski definition) is 5. The Bertz CT molecular complexity index is 609. The second kappa shape index (κ2) is 9.59. The van der Waals surface area contributed by atoms with Gasteiger partial charge in [-0.05, 0) is 19.3 Å². The van der Waals surface area contributed by atoms with Gasteiger partial charge in [-0.15, -0.1) is 0 Å². The van der Waals surface area contributed by atoms with Crippen molar-refractivity contribution in [3.63, 3.8) is 0 Å². The number of carbonyl (C=O) groups is 5. The van der Waals surface area contributed by atoms with Gasteiger partial charge in [0.25, 0.3) is 0 Å². The molecule has 1 aliphatic rings. The molecule has 0 aromatic carbocycles. The molecule has 0 radical (unpaired) electrons. The minimum absolute atomic E-state index is 0.0687. The molecular formula is C15H23N3O9. The van der Waals surface area contributed by atoms with Gasteiger partial charge in [-0.1, -0.05) is 0 Å². The molecule has 0 heterocycles. The van der Waals surface area contributed by atoms with Crippen molar-refractivity contribution in [2.24, 2.45) is 5.92 Å². The highest BCUT2D eigenvalue weighted by molar-refractivity contribution is 5.79. The predicted molar refractivity (Wildman–Crippen MR) is 88.3 cm³/mol. The topological polar surface area (TPSA) is 185 Å². The number of hydrogen-bond acceptors (Lipinski definition) is 5. The lowest BCUT2D eigenvalue weighted by Gasteiger charge is -2.44. The zero-order valence-corrected chi connectivity index (χ0v) is 14.7. The molecule has 152 valence electrons. The summed E-state index contributed by atoms with van der Waals surface area (Å²) in [5.41, 5.74) is 0. The molecule has 12 heteroatoms. The van der Waals surface area contributed by atoms with E-state index >= 15 is 0 Å². The summed E-state index contributed by atoms with van der Waals surface area (Å²) in [5, 5.41) is 39.1. The van der Waals surface area contributed by atoms with E-state index in [4.69, 9.17) is 10.2 Å². The molecule has 1 aliphatic carbocycles. The molecule has 3 atom stereocenters. The van der Waals surface area contributed by atoms with Crippen molar-refractivity contribution in [3.8, 4) is 0 Å². The number of rotatable bonds is 8. The molecule has 0 aromatic rings. The summed E-state index contributed by atoms with van der Waals surface area (Å²) in [6, 6.07) is -2.06. The van der Waals surface area contributed by atoms with Crippen LogP contribution in [0.15, 0.2) is 0 Å². The first kappa shape index (κ1) is 22.0. The van der Waals surface area contributed by atoms with Crippen LogP contribution in [0.2, 0.25) is 0 Å². The van der Waals surface area contributed by atoms with Gasteiger partial charge in [0, 0.05) is 19.5 Å². The fourth-order valence-corrected chi connectivity index (χ4v) is 3.36. The Balaban J connectivity index is 3.21. The van der Waals surface area contributed by atoms with Crippen LogP contribution in [-0.2, 0) is 14.4 Å². The van der Waals surface area contributed by atoms with Crippen LogP contribution in [0.25, 0.3) is 0 Å². The van der Waals surface area contributed by atoms with E-state index < -0.39 is 55.1 Å². The Labute approximate surface area is 154 Å². The first-order chi connectivity index (χ1) is 12.6. The number of carboxylic acids is 2. The highest BCUT2D eigenvalue weighted by atomic mass is 16.4. The van der Waals surface area contributed by atoms with Crippen LogP contribution >= 0.6 is 0 Å². The molecule has 27 heavy (non-hydrogen) atoms. The van der Waals surface area contributed by atoms with Gasteiger partial charge in [0.15, 0.2) is 0 Å². The second-order valence-electron chi connectivity index (χ2n) is 6.18. The van der Waals surface area contributed by atoms with Crippen LogP contribution in [0, 0.1) is 5.92 Å². The number of aliphatic carboxylic acids is 2. The van der Waals surface area contributed by atoms with Crippen molar-refractivity contribution in [3.05, 3.63) is 0 Å². The minimum Gasteiger partial charge on any atom is -0.481 e. The lowest BCUT2D eigenvalue weighted by Crippen LogP contribution is -2.59. The monoisotopic (exact) mass is 389 g/mol. The summed E-state index contributed by atoms with van der Waals surface area (Å²) in [5.74, 6) is -3.61. The van der Waals surface area contributed by atoms with E-state index in [1.807, 2.05) is 0 Å². The summed E-state index contributed by atoms with van der Waals surface area (Å²) in [7, 11) is 1.41. The minimum atomic E-state index is -1.56. The summed E-state index contributed by atoms with van der Waals surface area (Å²) in [6.45, 7) is -1.26. The molecule has 1 saturated carbocycles. The Morgan fingerprint density at radius 1 is 0.889 bits per heavy atom. The molecule has 5 N–H and O–H groups in total. The summed E-state index contributed by atoms with van der Waals surface area (Å²) in [4.78, 5) is 58.4. The maximum absolute atomic E-state index is 12.0. The van der Waals surface area contributed by atoms with E-state index in [1.165, 1.54) is 7.05 Å². The van der Waals surface area contributed by atoms with E-state index in [9.17, 15) is 34.2 Å². The fraction of sp³-hybridized carbons (Fsp3) is 0.667. The zero-order chi connectivity index (χ0) is 20.7. The van der Waals surface area contributed by atoms with Crippen LogP contribution in [0.1, 0.15) is 25.7 Å². The third kappa shape index (κ3) is 6.01. The Kier molecular flexibility index (Phi) is 7.81. The Hall–Kier alpha value is -3.05. The van der Waals surface area contributed by atoms with E-state index in [2.05, 4.69) is 5.32 Å². The van der Waals surface area contributed by atoms with Crippen LogP contribution < -0.4 is 5.32 Å². The molecule has 0 saturated heterocycles. The van der Waals surface area contributed by atoms with Gasteiger partial charge in [-0.3, -0.25) is 19.3 Å². The molecule has 3 unspecified atom stereocenters. The molecule has 0 bridgehead atoms. The van der Waals surface area contributed by atoms with Crippen LogP contribution in [0.3, 0.4) is 0 Å². The molecule has 3 amide bonds. The predicted octanol–water partition coefficient (Wildman–Crippen LogP) is -0.211. The first-order valence-electron chi connectivity index (χ1n) is 8.22. The molecule has 0 aliphatic heterocycles. The van der Waals surface area contributed by atoms with Gasteiger partial charge in [-0.25, -0.2) is 9.59 Å². The highest BCUT2D eigenvalue weighted by Crippen LogP contribution is 2.32. The van der Waals surface area contributed by atoms with Gasteiger partial charge in [0.1, 0.15) is 6.54 Å². The van der Waals surface area contributed by atoms with Crippen molar-refractivity contribution < 1.29 is 44.4 Å². The summed E-state index contributed by atoms with van der Waals surface area (Å²) in [6.07, 6.45) is -3.20. The highest BCUT2D eigenvalue weighted by Gasteiger charge is 2.43. The molecule has 0 spiro atoms. The van der Waals surface area contributed by atoms with Crippen molar-refractivity contribution in [2.45, 2.75) is 37.8 Å². The Morgan fingerprint density at radius 2 is 1.48 bits per heavy atom. The quantitative estimate of drug-likeness (QED) is 0.374. The molecular weight excluding hydrogens is 366 g/mol. The van der Waals surface area contributed by atoms with Crippen molar-refractivity contribution >= 4 is 30.0 Å². The maximum atomic E-state index is 12.0. The number of carbonyl (C=O) groups excluding carboxylic acids is 1. The SMILES string of the molecule is CNC(=O)C1CCC(N(CCC(=O)O)C(=O)O)C(N(CC(=O)O)C(=O)O)C1. The third-order valence-corrected chi connectivity index (χ3v) is 4.56. The van der Waals surface area contributed by atoms with Crippen molar-refractivity contribution in [2.75, 3.05) is 20.1 Å². The van der Waals surface area contributed by atoms with E-state index in [1.54, 1.807) is 0 Å². The number of nitrogens with one attached hydrogen (secondary N) is 1. The van der Waals surface area contributed by atoms with Gasteiger partial charge in [0.2, 0.25) is 5.91 Å². The molecule has 0 aromatic heterocycles. The van der Waals surface area contributed by atoms with Crippen LogP contribution in [0.5, 0.6) is 0 Å². The largest absolute Gasteiger partial charge is 0.481 e. The molecule has 1 fully saturated rings. The fourth-order valence-electron chi connectivity index (χ4n) is 3.36. The van der Waals surface area contributed by atoms with Crippen LogP contribution in [-0.4, -0.2) is 92.5 Å². The second-order valence-corrected chi connectivity index (χ2v) is 6.18. The zero-order valence-electron chi connectivity index (χ0n) is 14.7. The summed E-state index contributed by atoms with van der Waals surface area (Å²) >= 11 is 0. The van der Waals surface area contributed by atoms with Gasteiger partial charge < -0.3 is 30.6 Å². The lowest BCUT2D eigenvalue weighted by atomic mass is 9.80. The maximum Gasteiger partial charge on any atom is 0.408 e. The first-order valence-corrected chi connectivity index (χ1v) is 8.22. The number of amides is 3. The van der Waals surface area contributed by atoms with Gasteiger partial charge >= 0.3 is 24.1 Å². The van der Waals surface area contributed by atoms with Crippen molar-refractivity contribution in [1.82, 2.24) is 15.1 Å². The van der Waals surface area contributed by atoms with E-state index in [0.29, 0.717) is 4.90 Å². The average molecular weight is 389 g/mol. The Morgan fingerprint density at radius 3 is 1.93 bits per heavy atom. The normalized spacial score (nSPS) is 21.7.